The summed E-state index contributed by atoms with van der Waals surface area (Å²) in [5, 5.41) is 15.1. The fourth-order valence-electron chi connectivity index (χ4n) is 4.13. The van der Waals surface area contributed by atoms with E-state index < -0.39 is 6.09 Å². The first-order valence-electron chi connectivity index (χ1n) is 10.5. The average molecular weight is 419 g/mol. The predicted octanol–water partition coefficient (Wildman–Crippen LogP) is 3.50. The number of pyridine rings is 1. The van der Waals surface area contributed by atoms with Gasteiger partial charge in [0.1, 0.15) is 5.69 Å². The molecule has 2 amide bonds. The minimum absolute atomic E-state index is 0.126. The van der Waals surface area contributed by atoms with Crippen molar-refractivity contribution in [1.82, 2.24) is 25.6 Å². The van der Waals surface area contributed by atoms with E-state index in [4.69, 9.17) is 5.11 Å². The molecule has 1 aromatic carbocycles. The Hall–Kier alpha value is -3.55. The van der Waals surface area contributed by atoms with Gasteiger partial charge in [-0.3, -0.25) is 14.8 Å². The number of hydrogen-bond acceptors (Lipinski definition) is 5. The van der Waals surface area contributed by atoms with E-state index >= 15 is 0 Å². The van der Waals surface area contributed by atoms with Gasteiger partial charge in [0.05, 0.1) is 23.0 Å². The fourth-order valence-corrected chi connectivity index (χ4v) is 4.13. The molecule has 8 heteroatoms. The number of benzene rings is 1. The van der Waals surface area contributed by atoms with Crippen LogP contribution in [0.15, 0.2) is 48.9 Å². The number of nitrogens with one attached hydrogen (secondary N) is 2. The summed E-state index contributed by atoms with van der Waals surface area (Å²) in [5.74, 6) is 0.651. The molecule has 0 unspecified atom stereocenters. The Kier molecular flexibility index (Phi) is 6.35. The molecule has 31 heavy (non-hydrogen) atoms. The van der Waals surface area contributed by atoms with E-state index in [1.807, 2.05) is 24.3 Å². The monoisotopic (exact) mass is 419 g/mol. The Morgan fingerprint density at radius 2 is 1.68 bits per heavy atom. The number of rotatable bonds is 6. The van der Waals surface area contributed by atoms with Crippen molar-refractivity contribution in [1.29, 1.82) is 0 Å². The highest BCUT2D eigenvalue weighted by Gasteiger charge is 2.22. The van der Waals surface area contributed by atoms with Crippen LogP contribution in [0.3, 0.4) is 0 Å². The van der Waals surface area contributed by atoms with Crippen molar-refractivity contribution in [2.24, 2.45) is 11.8 Å². The standard InChI is InChI=1S/C23H25N5O3/c29-22(26-12-15-5-7-16(8-6-15)13-27-23(30)31)18-11-20(21-14-24-9-10-25-21)28-19-4-2-1-3-17(18)19/h1-4,9-11,14-16,27H,5-8,12-13H2,(H,26,29)(H,30,31)/t15-,16-. The molecular weight excluding hydrogens is 394 g/mol. The maximum Gasteiger partial charge on any atom is 0.404 e. The van der Waals surface area contributed by atoms with Crippen molar-refractivity contribution in [3.8, 4) is 11.4 Å². The zero-order valence-corrected chi connectivity index (χ0v) is 17.1. The third-order valence-electron chi connectivity index (χ3n) is 5.85. The molecule has 160 valence electrons. The van der Waals surface area contributed by atoms with E-state index in [1.165, 1.54) is 0 Å². The number of aromatic nitrogens is 3. The van der Waals surface area contributed by atoms with E-state index in [1.54, 1.807) is 24.7 Å². The molecule has 2 aromatic heterocycles. The molecule has 4 rings (SSSR count). The predicted molar refractivity (Wildman–Crippen MR) is 117 cm³/mol. The average Bonchev–Trinajstić information content (AvgIpc) is 2.81. The smallest absolute Gasteiger partial charge is 0.404 e. The number of nitrogens with zero attached hydrogens (tertiary/aromatic N) is 3. The summed E-state index contributed by atoms with van der Waals surface area (Å²) in [5.41, 5.74) is 2.55. The Labute approximate surface area is 180 Å². The lowest BCUT2D eigenvalue weighted by Crippen LogP contribution is -2.34. The first-order valence-corrected chi connectivity index (χ1v) is 10.5. The lowest BCUT2D eigenvalue weighted by atomic mass is 9.82. The van der Waals surface area contributed by atoms with Crippen LogP contribution in [0.2, 0.25) is 0 Å². The van der Waals surface area contributed by atoms with Crippen LogP contribution >= 0.6 is 0 Å². The highest BCUT2D eigenvalue weighted by atomic mass is 16.4. The van der Waals surface area contributed by atoms with E-state index in [0.29, 0.717) is 41.9 Å². The zero-order valence-electron chi connectivity index (χ0n) is 17.1. The summed E-state index contributed by atoms with van der Waals surface area (Å²) < 4.78 is 0. The molecule has 0 spiro atoms. The fraction of sp³-hybridized carbons (Fsp3) is 0.348. The van der Waals surface area contributed by atoms with Crippen LogP contribution in [0.25, 0.3) is 22.3 Å². The highest BCUT2D eigenvalue weighted by molar-refractivity contribution is 6.07. The third kappa shape index (κ3) is 5.14. The summed E-state index contributed by atoms with van der Waals surface area (Å²) in [6.07, 6.45) is 7.77. The van der Waals surface area contributed by atoms with Crippen LogP contribution in [0, 0.1) is 11.8 Å². The molecular formula is C23H25N5O3. The van der Waals surface area contributed by atoms with E-state index in [-0.39, 0.29) is 5.91 Å². The largest absolute Gasteiger partial charge is 0.465 e. The summed E-state index contributed by atoms with van der Waals surface area (Å²) >= 11 is 0. The van der Waals surface area contributed by atoms with Gasteiger partial charge >= 0.3 is 6.09 Å². The van der Waals surface area contributed by atoms with Crippen molar-refractivity contribution in [2.75, 3.05) is 13.1 Å². The van der Waals surface area contributed by atoms with E-state index in [9.17, 15) is 9.59 Å². The minimum atomic E-state index is -0.972. The molecule has 0 atom stereocenters. The number of fused-ring (bicyclic) bond motifs is 1. The molecule has 0 saturated heterocycles. The van der Waals surface area contributed by atoms with E-state index in [2.05, 4.69) is 25.6 Å². The summed E-state index contributed by atoms with van der Waals surface area (Å²) in [7, 11) is 0. The number of carbonyl (C=O) groups is 2. The Bertz CT molecular complexity index is 1070. The van der Waals surface area contributed by atoms with Crippen LogP contribution in [-0.4, -0.2) is 45.1 Å². The highest BCUT2D eigenvalue weighted by Crippen LogP contribution is 2.28. The van der Waals surface area contributed by atoms with Crippen molar-refractivity contribution < 1.29 is 14.7 Å². The second-order valence-electron chi connectivity index (χ2n) is 7.95. The van der Waals surface area contributed by atoms with Crippen LogP contribution in [0.1, 0.15) is 36.0 Å². The lowest BCUT2D eigenvalue weighted by Gasteiger charge is -2.28. The minimum Gasteiger partial charge on any atom is -0.465 e. The number of para-hydroxylation sites is 1. The summed E-state index contributed by atoms with van der Waals surface area (Å²) in [6.45, 7) is 1.11. The molecule has 1 aliphatic carbocycles. The number of carbonyl (C=O) groups excluding carboxylic acids is 1. The molecule has 8 nitrogen and oxygen atoms in total. The number of amides is 2. The third-order valence-corrected chi connectivity index (χ3v) is 5.85. The zero-order chi connectivity index (χ0) is 21.6. The van der Waals surface area contributed by atoms with Gasteiger partial charge in [0.2, 0.25) is 0 Å². The maximum absolute atomic E-state index is 13.1. The van der Waals surface area contributed by atoms with Crippen molar-refractivity contribution in [3.05, 3.63) is 54.5 Å². The SMILES string of the molecule is O=C(O)NC[C@H]1CC[C@H](CNC(=O)c2cc(-c3cnccn3)nc3ccccc23)CC1. The van der Waals surface area contributed by atoms with Gasteiger partial charge in [0.15, 0.2) is 0 Å². The van der Waals surface area contributed by atoms with Gasteiger partial charge in [-0.1, -0.05) is 18.2 Å². The van der Waals surface area contributed by atoms with E-state index in [0.717, 1.165) is 36.6 Å². The molecule has 2 heterocycles. The van der Waals surface area contributed by atoms with Crippen LogP contribution in [-0.2, 0) is 0 Å². The van der Waals surface area contributed by atoms with Gasteiger partial charge < -0.3 is 15.7 Å². The number of carboxylic acid groups (broad SMARTS) is 1. The van der Waals surface area contributed by atoms with Crippen LogP contribution in [0.5, 0.6) is 0 Å². The van der Waals surface area contributed by atoms with Gasteiger partial charge in [0.25, 0.3) is 5.91 Å². The Balaban J connectivity index is 1.44. The van der Waals surface area contributed by atoms with Crippen molar-refractivity contribution in [2.45, 2.75) is 25.7 Å². The Morgan fingerprint density at radius 1 is 0.968 bits per heavy atom. The molecule has 1 aliphatic rings. The van der Waals surface area contributed by atoms with Gasteiger partial charge in [-0.2, -0.15) is 0 Å². The summed E-state index contributed by atoms with van der Waals surface area (Å²) in [4.78, 5) is 36.8. The van der Waals surface area contributed by atoms with Crippen molar-refractivity contribution in [3.63, 3.8) is 0 Å². The van der Waals surface area contributed by atoms with Crippen LogP contribution < -0.4 is 10.6 Å². The molecule has 3 aromatic rings. The quantitative estimate of drug-likeness (QED) is 0.563. The second-order valence-corrected chi connectivity index (χ2v) is 7.95. The molecule has 1 saturated carbocycles. The first kappa shape index (κ1) is 20.7. The molecule has 1 fully saturated rings. The second kappa shape index (κ2) is 9.51. The van der Waals surface area contributed by atoms with Crippen molar-refractivity contribution >= 4 is 22.9 Å². The van der Waals surface area contributed by atoms with Crippen LogP contribution in [0.4, 0.5) is 4.79 Å². The summed E-state index contributed by atoms with van der Waals surface area (Å²) in [6, 6.07) is 9.36. The first-order chi connectivity index (χ1) is 15.1. The number of hydrogen-bond donors (Lipinski definition) is 3. The molecule has 3 N–H and O–H groups in total. The maximum atomic E-state index is 13.1. The molecule has 0 aliphatic heterocycles. The van der Waals surface area contributed by atoms with Gasteiger partial charge in [-0.25, -0.2) is 9.78 Å². The topological polar surface area (TPSA) is 117 Å². The van der Waals surface area contributed by atoms with Gasteiger partial charge in [-0.15, -0.1) is 0 Å². The Morgan fingerprint density at radius 3 is 2.35 bits per heavy atom. The molecule has 0 bridgehead atoms. The molecule has 0 radical (unpaired) electrons. The van der Waals surface area contributed by atoms with Gasteiger partial charge in [-0.05, 0) is 49.7 Å². The van der Waals surface area contributed by atoms with Gasteiger partial charge in [0, 0.05) is 30.9 Å². The normalized spacial score (nSPS) is 18.5. The lowest BCUT2D eigenvalue weighted by molar-refractivity contribution is 0.0942.